The molecule has 102 valence electrons. The van der Waals surface area contributed by atoms with Crippen molar-refractivity contribution in [2.24, 2.45) is 0 Å². The minimum Gasteiger partial charge on any atom is -0.481 e. The number of benzene rings is 1. The molecule has 2 rings (SSSR count). The Morgan fingerprint density at radius 1 is 1.47 bits per heavy atom. The van der Waals surface area contributed by atoms with E-state index in [0.717, 1.165) is 5.75 Å². The van der Waals surface area contributed by atoms with E-state index in [4.69, 9.17) is 16.7 Å². The summed E-state index contributed by atoms with van der Waals surface area (Å²) in [5.41, 5.74) is 0.509. The molecule has 0 saturated carbocycles. The number of hydrogen-bond donors (Lipinski definition) is 1. The third-order valence-corrected chi connectivity index (χ3v) is 4.30. The Kier molecular flexibility index (Phi) is 4.71. The van der Waals surface area contributed by atoms with Crippen LogP contribution in [0.5, 0.6) is 0 Å². The molecule has 1 aliphatic heterocycles. The average Bonchev–Trinajstić information content (AvgIpc) is 2.38. The average molecular weight is 300 g/mol. The molecule has 1 saturated heterocycles. The summed E-state index contributed by atoms with van der Waals surface area (Å²) in [5.74, 6) is 0.478. The van der Waals surface area contributed by atoms with Gasteiger partial charge in [0.05, 0.1) is 12.5 Å². The molecule has 6 heteroatoms. The smallest absolute Gasteiger partial charge is 0.305 e. The summed E-state index contributed by atoms with van der Waals surface area (Å²) in [7, 11) is 0. The first-order valence-electron chi connectivity index (χ1n) is 5.94. The Labute approximate surface area is 120 Å². The Hall–Kier alpha value is -1.20. The van der Waals surface area contributed by atoms with Gasteiger partial charge in [0.2, 0.25) is 0 Å². The van der Waals surface area contributed by atoms with Gasteiger partial charge in [0.1, 0.15) is 0 Å². The van der Waals surface area contributed by atoms with E-state index in [2.05, 4.69) is 0 Å². The largest absolute Gasteiger partial charge is 0.481 e. The summed E-state index contributed by atoms with van der Waals surface area (Å²) in [6.07, 6.45) is -0.0146. The number of nitrogens with zero attached hydrogens (tertiary/aromatic N) is 1. The lowest BCUT2D eigenvalue weighted by Gasteiger charge is -2.34. The molecule has 1 amide bonds. The monoisotopic (exact) mass is 299 g/mol. The van der Waals surface area contributed by atoms with Gasteiger partial charge < -0.3 is 10.0 Å². The van der Waals surface area contributed by atoms with Gasteiger partial charge in [-0.1, -0.05) is 17.7 Å². The van der Waals surface area contributed by atoms with Crippen molar-refractivity contribution in [1.82, 2.24) is 4.90 Å². The van der Waals surface area contributed by atoms with Crippen molar-refractivity contribution in [3.05, 3.63) is 34.9 Å². The summed E-state index contributed by atoms with van der Waals surface area (Å²) in [5, 5.41) is 9.42. The standard InChI is InChI=1S/C13H14ClNO3S/c14-10-3-1-2-9(6-10)13(18)15-4-5-19-8-11(15)7-12(16)17/h1-3,6,11H,4-5,7-8H2,(H,16,17). The molecule has 0 spiro atoms. The first-order chi connectivity index (χ1) is 9.08. The predicted octanol–water partition coefficient (Wildman–Crippen LogP) is 2.37. The van der Waals surface area contributed by atoms with Gasteiger partial charge in [-0.25, -0.2) is 0 Å². The number of halogens is 1. The molecule has 0 aromatic heterocycles. The second-order valence-electron chi connectivity index (χ2n) is 4.34. The molecule has 0 radical (unpaired) electrons. The second-order valence-corrected chi connectivity index (χ2v) is 5.92. The summed E-state index contributed by atoms with van der Waals surface area (Å²) < 4.78 is 0. The molecule has 19 heavy (non-hydrogen) atoms. The fraction of sp³-hybridized carbons (Fsp3) is 0.385. The maximum absolute atomic E-state index is 12.4. The molecule has 0 aliphatic carbocycles. The minimum absolute atomic E-state index is 0.0146. The van der Waals surface area contributed by atoms with Crippen LogP contribution in [0, 0.1) is 0 Å². The van der Waals surface area contributed by atoms with Gasteiger partial charge in [-0.2, -0.15) is 11.8 Å². The zero-order chi connectivity index (χ0) is 13.8. The zero-order valence-electron chi connectivity index (χ0n) is 10.2. The highest BCUT2D eigenvalue weighted by Crippen LogP contribution is 2.22. The topological polar surface area (TPSA) is 57.6 Å². The van der Waals surface area contributed by atoms with Crippen LogP contribution in [0.4, 0.5) is 0 Å². The SMILES string of the molecule is O=C(O)CC1CSCCN1C(=O)c1cccc(Cl)c1. The van der Waals surface area contributed by atoms with Crippen molar-refractivity contribution in [1.29, 1.82) is 0 Å². The van der Waals surface area contributed by atoms with Gasteiger partial charge in [-0.05, 0) is 18.2 Å². The number of carboxylic acid groups (broad SMARTS) is 1. The maximum atomic E-state index is 12.4. The summed E-state index contributed by atoms with van der Waals surface area (Å²) in [6, 6.07) is 6.50. The number of aliphatic carboxylic acids is 1. The van der Waals surface area contributed by atoms with Gasteiger partial charge in [-0.3, -0.25) is 9.59 Å². The van der Waals surface area contributed by atoms with Gasteiger partial charge in [-0.15, -0.1) is 0 Å². The lowest BCUT2D eigenvalue weighted by molar-refractivity contribution is -0.138. The van der Waals surface area contributed by atoms with E-state index in [9.17, 15) is 9.59 Å². The molecule has 1 aromatic rings. The molecule has 1 aliphatic rings. The molecular weight excluding hydrogens is 286 g/mol. The maximum Gasteiger partial charge on any atom is 0.305 e. The number of thioether (sulfide) groups is 1. The van der Waals surface area contributed by atoms with Crippen LogP contribution < -0.4 is 0 Å². The quantitative estimate of drug-likeness (QED) is 0.931. The molecular formula is C13H14ClNO3S. The fourth-order valence-corrected chi connectivity index (χ4v) is 3.33. The minimum atomic E-state index is -0.878. The van der Waals surface area contributed by atoms with Crippen LogP contribution in [-0.2, 0) is 4.79 Å². The third-order valence-electron chi connectivity index (χ3n) is 2.97. The van der Waals surface area contributed by atoms with Crippen molar-refractivity contribution in [2.45, 2.75) is 12.5 Å². The van der Waals surface area contributed by atoms with Crippen LogP contribution in [0.15, 0.2) is 24.3 Å². The van der Waals surface area contributed by atoms with E-state index in [-0.39, 0.29) is 18.4 Å². The van der Waals surface area contributed by atoms with Crippen LogP contribution in [0.25, 0.3) is 0 Å². The number of carbonyl (C=O) groups excluding carboxylic acids is 1. The van der Waals surface area contributed by atoms with E-state index in [1.165, 1.54) is 0 Å². The van der Waals surface area contributed by atoms with E-state index < -0.39 is 5.97 Å². The Morgan fingerprint density at radius 3 is 2.95 bits per heavy atom. The molecule has 0 bridgehead atoms. The van der Waals surface area contributed by atoms with Crippen LogP contribution in [0.2, 0.25) is 5.02 Å². The van der Waals surface area contributed by atoms with Crippen molar-refractivity contribution in [2.75, 3.05) is 18.1 Å². The van der Waals surface area contributed by atoms with Crippen molar-refractivity contribution >= 4 is 35.2 Å². The Bertz CT molecular complexity index is 495. The van der Waals surface area contributed by atoms with Crippen molar-refractivity contribution < 1.29 is 14.7 Å². The Balaban J connectivity index is 2.17. The molecule has 1 atom stereocenters. The summed E-state index contributed by atoms with van der Waals surface area (Å²) in [6.45, 7) is 0.577. The van der Waals surface area contributed by atoms with E-state index in [0.29, 0.717) is 22.9 Å². The first-order valence-corrected chi connectivity index (χ1v) is 7.47. The van der Waals surface area contributed by atoms with Gasteiger partial charge in [0.15, 0.2) is 0 Å². The third kappa shape index (κ3) is 3.64. The first kappa shape index (κ1) is 14.2. The highest BCUT2D eigenvalue weighted by molar-refractivity contribution is 7.99. The van der Waals surface area contributed by atoms with Crippen LogP contribution >= 0.6 is 23.4 Å². The van der Waals surface area contributed by atoms with Crippen LogP contribution in [0.1, 0.15) is 16.8 Å². The number of hydrogen-bond acceptors (Lipinski definition) is 3. The molecule has 4 nitrogen and oxygen atoms in total. The zero-order valence-corrected chi connectivity index (χ0v) is 11.8. The lowest BCUT2D eigenvalue weighted by Crippen LogP contribution is -2.47. The number of carboxylic acids is 1. The van der Waals surface area contributed by atoms with Crippen molar-refractivity contribution in [3.63, 3.8) is 0 Å². The summed E-state index contributed by atoms with van der Waals surface area (Å²) in [4.78, 5) is 24.9. The predicted molar refractivity (Wildman–Crippen MR) is 75.9 cm³/mol. The normalized spacial score (nSPS) is 19.2. The van der Waals surface area contributed by atoms with E-state index >= 15 is 0 Å². The molecule has 1 N–H and O–H groups in total. The van der Waals surface area contributed by atoms with Gasteiger partial charge in [0, 0.05) is 28.6 Å². The lowest BCUT2D eigenvalue weighted by atomic mass is 10.1. The second kappa shape index (κ2) is 6.30. The molecule has 1 heterocycles. The fourth-order valence-electron chi connectivity index (χ4n) is 2.08. The number of rotatable bonds is 3. The molecule has 1 unspecified atom stereocenters. The van der Waals surface area contributed by atoms with E-state index in [1.54, 1.807) is 40.9 Å². The number of amides is 1. The van der Waals surface area contributed by atoms with Crippen molar-refractivity contribution in [3.8, 4) is 0 Å². The van der Waals surface area contributed by atoms with E-state index in [1.807, 2.05) is 0 Å². The Morgan fingerprint density at radius 2 is 2.26 bits per heavy atom. The summed E-state index contributed by atoms with van der Waals surface area (Å²) >= 11 is 7.56. The van der Waals surface area contributed by atoms with Crippen LogP contribution in [0.3, 0.4) is 0 Å². The van der Waals surface area contributed by atoms with Gasteiger partial charge in [0.25, 0.3) is 5.91 Å². The molecule has 1 fully saturated rings. The molecule has 1 aromatic carbocycles. The highest BCUT2D eigenvalue weighted by atomic mass is 35.5. The van der Waals surface area contributed by atoms with Gasteiger partial charge >= 0.3 is 5.97 Å². The number of carbonyl (C=O) groups is 2. The van der Waals surface area contributed by atoms with Crippen LogP contribution in [-0.4, -0.2) is 46.0 Å². The highest BCUT2D eigenvalue weighted by Gasteiger charge is 2.29.